The summed E-state index contributed by atoms with van der Waals surface area (Å²) in [4.78, 5) is 29.9. The van der Waals surface area contributed by atoms with Crippen molar-refractivity contribution in [1.82, 2.24) is 4.90 Å². The van der Waals surface area contributed by atoms with Crippen molar-refractivity contribution in [2.45, 2.75) is 32.2 Å². The lowest BCUT2D eigenvalue weighted by atomic mass is 9.95. The van der Waals surface area contributed by atoms with Crippen molar-refractivity contribution in [3.63, 3.8) is 0 Å². The molecular weight excluding hydrogens is 426 g/mol. The van der Waals surface area contributed by atoms with E-state index in [4.69, 9.17) is 4.74 Å². The monoisotopic (exact) mass is 457 g/mol. The third-order valence-electron chi connectivity index (χ3n) is 6.17. The molecule has 1 heterocycles. The molecule has 0 bridgehead atoms. The lowest BCUT2D eigenvalue weighted by Crippen LogP contribution is -2.49. The lowest BCUT2D eigenvalue weighted by molar-refractivity contribution is -0.117. The van der Waals surface area contributed by atoms with Gasteiger partial charge in [0, 0.05) is 31.0 Å². The minimum atomic E-state index is -0.222. The van der Waals surface area contributed by atoms with Gasteiger partial charge < -0.3 is 15.0 Å². The van der Waals surface area contributed by atoms with E-state index in [1.54, 1.807) is 12.0 Å². The molecule has 3 amide bonds. The van der Waals surface area contributed by atoms with Crippen LogP contribution in [-0.2, 0) is 11.3 Å². The molecule has 1 aliphatic rings. The molecular formula is C28H31N3O3. The van der Waals surface area contributed by atoms with E-state index in [-0.39, 0.29) is 17.9 Å². The maximum Gasteiger partial charge on any atom is 0.324 e. The van der Waals surface area contributed by atoms with E-state index < -0.39 is 0 Å². The van der Waals surface area contributed by atoms with Crippen LogP contribution in [0.2, 0.25) is 0 Å². The highest BCUT2D eigenvalue weighted by atomic mass is 16.5. The Labute approximate surface area is 201 Å². The number of urea groups is 1. The van der Waals surface area contributed by atoms with Gasteiger partial charge >= 0.3 is 6.03 Å². The van der Waals surface area contributed by atoms with Crippen molar-refractivity contribution in [3.8, 4) is 5.75 Å². The maximum absolute atomic E-state index is 13.3. The number of amides is 3. The van der Waals surface area contributed by atoms with Gasteiger partial charge in [0.1, 0.15) is 5.75 Å². The molecule has 0 saturated carbocycles. The van der Waals surface area contributed by atoms with Crippen LogP contribution in [0.25, 0.3) is 0 Å². The van der Waals surface area contributed by atoms with Gasteiger partial charge in [0.25, 0.3) is 0 Å². The Kier molecular flexibility index (Phi) is 7.48. The number of ether oxygens (including phenoxy) is 1. The van der Waals surface area contributed by atoms with E-state index in [0.29, 0.717) is 31.7 Å². The number of nitrogens with one attached hydrogen (secondary N) is 1. The Morgan fingerprint density at radius 1 is 1.00 bits per heavy atom. The quantitative estimate of drug-likeness (QED) is 0.475. The Bertz CT molecular complexity index is 1130. The van der Waals surface area contributed by atoms with E-state index in [9.17, 15) is 9.59 Å². The summed E-state index contributed by atoms with van der Waals surface area (Å²) in [7, 11) is 1.64. The van der Waals surface area contributed by atoms with Crippen LogP contribution < -0.4 is 15.0 Å². The van der Waals surface area contributed by atoms with Gasteiger partial charge in [0.15, 0.2) is 0 Å². The Balaban J connectivity index is 1.47. The van der Waals surface area contributed by atoms with Crippen LogP contribution in [0.5, 0.6) is 5.75 Å². The van der Waals surface area contributed by atoms with E-state index in [1.165, 1.54) is 0 Å². The van der Waals surface area contributed by atoms with E-state index in [2.05, 4.69) is 5.32 Å². The zero-order chi connectivity index (χ0) is 23.9. The zero-order valence-corrected chi connectivity index (χ0v) is 19.7. The van der Waals surface area contributed by atoms with Crippen molar-refractivity contribution in [2.75, 3.05) is 30.4 Å². The average molecular weight is 458 g/mol. The molecule has 6 nitrogen and oxygen atoms in total. The zero-order valence-electron chi connectivity index (χ0n) is 19.7. The molecule has 1 aliphatic heterocycles. The van der Waals surface area contributed by atoms with E-state index in [0.717, 1.165) is 29.0 Å². The third-order valence-corrected chi connectivity index (χ3v) is 6.17. The van der Waals surface area contributed by atoms with Crippen LogP contribution in [0.1, 0.15) is 36.8 Å². The van der Waals surface area contributed by atoms with Crippen LogP contribution >= 0.6 is 0 Å². The molecule has 0 spiro atoms. The first-order valence-corrected chi connectivity index (χ1v) is 11.7. The lowest BCUT2D eigenvalue weighted by Gasteiger charge is -2.36. The van der Waals surface area contributed by atoms with Gasteiger partial charge in [0.05, 0.1) is 13.0 Å². The van der Waals surface area contributed by atoms with Crippen LogP contribution in [0.4, 0.5) is 16.2 Å². The number of carbonyl (C=O) groups is 2. The van der Waals surface area contributed by atoms with Crippen molar-refractivity contribution in [2.24, 2.45) is 0 Å². The summed E-state index contributed by atoms with van der Waals surface area (Å²) in [6, 6.07) is 25.1. The summed E-state index contributed by atoms with van der Waals surface area (Å²) in [6.45, 7) is 3.89. The second-order valence-electron chi connectivity index (χ2n) is 8.47. The minimum Gasteiger partial charge on any atom is -0.497 e. The summed E-state index contributed by atoms with van der Waals surface area (Å²) in [5.41, 5.74) is 3.50. The van der Waals surface area contributed by atoms with E-state index >= 15 is 0 Å². The number of hydrogen-bond acceptors (Lipinski definition) is 3. The van der Waals surface area contributed by atoms with Crippen LogP contribution in [-0.4, -0.2) is 37.0 Å². The highest BCUT2D eigenvalue weighted by molar-refractivity contribution is 5.97. The fourth-order valence-electron chi connectivity index (χ4n) is 4.40. The maximum atomic E-state index is 13.3. The highest BCUT2D eigenvalue weighted by Crippen LogP contribution is 2.27. The highest BCUT2D eigenvalue weighted by Gasteiger charge is 2.27. The third kappa shape index (κ3) is 5.39. The molecule has 34 heavy (non-hydrogen) atoms. The molecule has 3 aromatic carbocycles. The molecule has 1 fully saturated rings. The number of rotatable bonds is 8. The van der Waals surface area contributed by atoms with Crippen LogP contribution in [0.15, 0.2) is 78.9 Å². The number of methoxy groups -OCH3 is 1. The molecule has 0 radical (unpaired) electrons. The SMILES string of the molecule is CC[C@H](C(=O)Nc1cccc(N2CCCN(Cc3cccc(OC)c3)C2=O)c1)c1ccccc1. The fourth-order valence-corrected chi connectivity index (χ4v) is 4.40. The summed E-state index contributed by atoms with van der Waals surface area (Å²) >= 11 is 0. The van der Waals surface area contributed by atoms with Crippen molar-refractivity contribution in [3.05, 3.63) is 90.0 Å². The number of nitrogens with zero attached hydrogens (tertiary/aromatic N) is 2. The molecule has 6 heteroatoms. The Morgan fingerprint density at radius 2 is 1.79 bits per heavy atom. The first-order valence-electron chi connectivity index (χ1n) is 11.7. The smallest absolute Gasteiger partial charge is 0.324 e. The predicted octanol–water partition coefficient (Wildman–Crippen LogP) is 5.66. The Hall–Kier alpha value is -3.80. The van der Waals surface area contributed by atoms with Crippen LogP contribution in [0.3, 0.4) is 0 Å². The summed E-state index contributed by atoms with van der Waals surface area (Å²) < 4.78 is 5.31. The summed E-state index contributed by atoms with van der Waals surface area (Å²) in [5, 5.41) is 3.05. The van der Waals surface area contributed by atoms with Crippen LogP contribution in [0, 0.1) is 0 Å². The molecule has 4 rings (SSSR count). The second kappa shape index (κ2) is 10.9. The molecule has 1 saturated heterocycles. The molecule has 1 N–H and O–H groups in total. The normalized spacial score (nSPS) is 14.6. The number of carbonyl (C=O) groups excluding carboxylic acids is 2. The Morgan fingerprint density at radius 3 is 2.56 bits per heavy atom. The number of hydrogen-bond donors (Lipinski definition) is 1. The fraction of sp³-hybridized carbons (Fsp3) is 0.286. The molecule has 0 unspecified atom stereocenters. The molecule has 0 aromatic heterocycles. The van der Waals surface area contributed by atoms with Crippen molar-refractivity contribution < 1.29 is 14.3 Å². The van der Waals surface area contributed by atoms with E-state index in [1.807, 2.05) is 90.7 Å². The first-order chi connectivity index (χ1) is 16.6. The van der Waals surface area contributed by atoms with Gasteiger partial charge in [-0.05, 0) is 54.3 Å². The largest absolute Gasteiger partial charge is 0.497 e. The summed E-state index contributed by atoms with van der Waals surface area (Å²) in [5.74, 6) is 0.512. The van der Waals surface area contributed by atoms with Gasteiger partial charge in [-0.15, -0.1) is 0 Å². The average Bonchev–Trinajstić information content (AvgIpc) is 2.87. The van der Waals surface area contributed by atoms with Gasteiger partial charge in [0.2, 0.25) is 5.91 Å². The van der Waals surface area contributed by atoms with Gasteiger partial charge in [-0.25, -0.2) is 4.79 Å². The van der Waals surface area contributed by atoms with Gasteiger partial charge in [-0.3, -0.25) is 9.69 Å². The molecule has 3 aromatic rings. The minimum absolute atomic E-state index is 0.0340. The molecule has 0 aliphatic carbocycles. The standard InChI is InChI=1S/C28H31N3O3/c1-3-26(22-11-5-4-6-12-22)27(32)29-23-13-8-14-24(19-23)31-17-9-16-30(28(31)33)20-21-10-7-15-25(18-21)34-2/h4-8,10-15,18-19,26H,3,9,16-17,20H2,1-2H3,(H,29,32)/t26-/m0/s1. The van der Waals surface area contributed by atoms with Gasteiger partial charge in [-0.1, -0.05) is 55.5 Å². The van der Waals surface area contributed by atoms with Gasteiger partial charge in [-0.2, -0.15) is 0 Å². The summed E-state index contributed by atoms with van der Waals surface area (Å²) in [6.07, 6.45) is 1.58. The second-order valence-corrected chi connectivity index (χ2v) is 8.47. The number of anilines is 2. The molecule has 1 atom stereocenters. The van der Waals surface area contributed by atoms with Crippen molar-refractivity contribution >= 4 is 23.3 Å². The first kappa shape index (κ1) is 23.4. The number of benzene rings is 3. The van der Waals surface area contributed by atoms with Crippen molar-refractivity contribution in [1.29, 1.82) is 0 Å². The molecule has 176 valence electrons. The predicted molar refractivity (Wildman–Crippen MR) is 135 cm³/mol. The topological polar surface area (TPSA) is 61.9 Å².